The number of aromatic nitrogens is 1. The van der Waals surface area contributed by atoms with E-state index in [0.29, 0.717) is 23.2 Å². The van der Waals surface area contributed by atoms with Gasteiger partial charge in [-0.2, -0.15) is 0 Å². The largest absolute Gasteiger partial charge is 0.481 e. The van der Waals surface area contributed by atoms with Gasteiger partial charge in [0.2, 0.25) is 0 Å². The number of carbonyl (C=O) groups excluding carboxylic acids is 1. The van der Waals surface area contributed by atoms with Crippen LogP contribution in [0.1, 0.15) is 29.6 Å². The SMILES string of the molecule is O=C(O)CCN(C[C@@H]1CCCO1)C(=O)c1cncc(Br)c1. The second kappa shape index (κ2) is 7.51. The molecule has 0 aliphatic carbocycles. The predicted octanol–water partition coefficient (Wildman–Crippen LogP) is 1.94. The van der Waals surface area contributed by atoms with Crippen molar-refractivity contribution in [1.29, 1.82) is 0 Å². The van der Waals surface area contributed by atoms with Gasteiger partial charge in [0.05, 0.1) is 18.1 Å². The van der Waals surface area contributed by atoms with Crippen molar-refractivity contribution >= 4 is 27.8 Å². The summed E-state index contributed by atoms with van der Waals surface area (Å²) in [6.45, 7) is 1.28. The van der Waals surface area contributed by atoms with Crippen LogP contribution in [0.25, 0.3) is 0 Å². The molecule has 1 aromatic heterocycles. The number of carbonyl (C=O) groups is 2. The van der Waals surface area contributed by atoms with Gasteiger partial charge in [-0.1, -0.05) is 0 Å². The molecule has 2 rings (SSSR count). The summed E-state index contributed by atoms with van der Waals surface area (Å²) >= 11 is 3.28. The van der Waals surface area contributed by atoms with E-state index < -0.39 is 5.97 Å². The molecule has 0 aromatic carbocycles. The van der Waals surface area contributed by atoms with Crippen LogP contribution in [0, 0.1) is 0 Å². The number of ether oxygens (including phenoxy) is 1. The van der Waals surface area contributed by atoms with Crippen molar-refractivity contribution in [3.8, 4) is 0 Å². The Labute approximate surface area is 131 Å². The van der Waals surface area contributed by atoms with E-state index in [0.717, 1.165) is 12.8 Å². The fraction of sp³-hybridized carbons (Fsp3) is 0.500. The molecular formula is C14H17BrN2O4. The molecule has 2 heterocycles. The third-order valence-electron chi connectivity index (χ3n) is 3.28. The van der Waals surface area contributed by atoms with Crippen LogP contribution in [0.3, 0.4) is 0 Å². The maximum atomic E-state index is 12.5. The van der Waals surface area contributed by atoms with E-state index in [9.17, 15) is 9.59 Å². The second-order valence-corrected chi connectivity index (χ2v) is 5.84. The summed E-state index contributed by atoms with van der Waals surface area (Å²) in [5, 5.41) is 8.83. The normalized spacial score (nSPS) is 17.7. The van der Waals surface area contributed by atoms with Crippen LogP contribution in [-0.4, -0.2) is 52.7 Å². The second-order valence-electron chi connectivity index (χ2n) is 4.92. The lowest BCUT2D eigenvalue weighted by Crippen LogP contribution is -2.38. The van der Waals surface area contributed by atoms with Crippen molar-refractivity contribution in [2.45, 2.75) is 25.4 Å². The number of pyridine rings is 1. The van der Waals surface area contributed by atoms with Crippen molar-refractivity contribution in [2.24, 2.45) is 0 Å². The summed E-state index contributed by atoms with van der Waals surface area (Å²) in [6.07, 6.45) is 4.86. The zero-order valence-electron chi connectivity index (χ0n) is 11.5. The zero-order chi connectivity index (χ0) is 15.2. The first-order chi connectivity index (χ1) is 10.1. The van der Waals surface area contributed by atoms with Gasteiger partial charge < -0.3 is 14.7 Å². The monoisotopic (exact) mass is 356 g/mol. The lowest BCUT2D eigenvalue weighted by atomic mass is 10.2. The third-order valence-corrected chi connectivity index (χ3v) is 3.72. The predicted molar refractivity (Wildman–Crippen MR) is 79.1 cm³/mol. The van der Waals surface area contributed by atoms with Gasteiger partial charge in [0.15, 0.2) is 0 Å². The van der Waals surface area contributed by atoms with E-state index in [1.54, 1.807) is 12.3 Å². The van der Waals surface area contributed by atoms with Gasteiger partial charge in [0.1, 0.15) is 0 Å². The standard InChI is InChI=1S/C14H17BrN2O4/c15-11-6-10(7-16-8-11)14(20)17(4-3-13(18)19)9-12-2-1-5-21-12/h6-8,12H,1-5,9H2,(H,18,19)/t12-/m0/s1. The number of rotatable bonds is 6. The highest BCUT2D eigenvalue weighted by molar-refractivity contribution is 9.10. The van der Waals surface area contributed by atoms with Crippen LogP contribution in [0.5, 0.6) is 0 Å². The molecule has 21 heavy (non-hydrogen) atoms. The summed E-state index contributed by atoms with van der Waals surface area (Å²) in [6, 6.07) is 1.68. The molecular weight excluding hydrogens is 340 g/mol. The minimum atomic E-state index is -0.924. The van der Waals surface area contributed by atoms with Crippen LogP contribution in [0.2, 0.25) is 0 Å². The molecule has 0 radical (unpaired) electrons. The average molecular weight is 357 g/mol. The van der Waals surface area contributed by atoms with E-state index in [1.807, 2.05) is 0 Å². The summed E-state index contributed by atoms with van der Waals surface area (Å²) in [4.78, 5) is 28.8. The highest BCUT2D eigenvalue weighted by Crippen LogP contribution is 2.16. The molecule has 1 atom stereocenters. The van der Waals surface area contributed by atoms with Crippen molar-refractivity contribution in [2.75, 3.05) is 19.7 Å². The lowest BCUT2D eigenvalue weighted by molar-refractivity contribution is -0.137. The molecule has 0 unspecified atom stereocenters. The van der Waals surface area contributed by atoms with Crippen LogP contribution in [0.15, 0.2) is 22.9 Å². The van der Waals surface area contributed by atoms with Gasteiger partial charge in [-0.05, 0) is 34.8 Å². The van der Waals surface area contributed by atoms with E-state index in [4.69, 9.17) is 9.84 Å². The number of nitrogens with zero attached hydrogens (tertiary/aromatic N) is 2. The Morgan fingerprint density at radius 3 is 2.90 bits per heavy atom. The first kappa shape index (κ1) is 15.9. The molecule has 114 valence electrons. The molecule has 1 aromatic rings. The van der Waals surface area contributed by atoms with Crippen LogP contribution in [-0.2, 0) is 9.53 Å². The van der Waals surface area contributed by atoms with E-state index in [2.05, 4.69) is 20.9 Å². The quantitative estimate of drug-likeness (QED) is 0.842. The Bertz CT molecular complexity index is 517. The number of carboxylic acids is 1. The summed E-state index contributed by atoms with van der Waals surface area (Å²) in [5.41, 5.74) is 0.438. The highest BCUT2D eigenvalue weighted by Gasteiger charge is 2.24. The first-order valence-electron chi connectivity index (χ1n) is 6.79. The fourth-order valence-electron chi connectivity index (χ4n) is 2.25. The van der Waals surface area contributed by atoms with Gasteiger partial charge in [-0.3, -0.25) is 14.6 Å². The minimum absolute atomic E-state index is 0.0112. The number of hydrogen-bond donors (Lipinski definition) is 1. The minimum Gasteiger partial charge on any atom is -0.481 e. The first-order valence-corrected chi connectivity index (χ1v) is 7.59. The van der Waals surface area contributed by atoms with Crippen molar-refractivity contribution in [3.63, 3.8) is 0 Å². The Kier molecular flexibility index (Phi) is 5.69. The molecule has 0 saturated carbocycles. The molecule has 1 aliphatic rings. The average Bonchev–Trinajstić information content (AvgIpc) is 2.95. The number of carboxylic acid groups (broad SMARTS) is 1. The van der Waals surface area contributed by atoms with E-state index in [-0.39, 0.29) is 25.0 Å². The van der Waals surface area contributed by atoms with Crippen molar-refractivity contribution < 1.29 is 19.4 Å². The molecule has 1 saturated heterocycles. The van der Waals surface area contributed by atoms with Crippen molar-refractivity contribution in [3.05, 3.63) is 28.5 Å². The molecule has 0 spiro atoms. The lowest BCUT2D eigenvalue weighted by Gasteiger charge is -2.25. The molecule has 1 aliphatic heterocycles. The summed E-state index contributed by atoms with van der Waals surface area (Å²) < 4.78 is 6.25. The number of halogens is 1. The molecule has 0 bridgehead atoms. The van der Waals surface area contributed by atoms with Crippen molar-refractivity contribution in [1.82, 2.24) is 9.88 Å². The molecule has 1 amide bonds. The van der Waals surface area contributed by atoms with Gasteiger partial charge in [0.25, 0.3) is 5.91 Å². The summed E-state index contributed by atoms with van der Waals surface area (Å²) in [5.74, 6) is -1.15. The highest BCUT2D eigenvalue weighted by atomic mass is 79.9. The van der Waals surface area contributed by atoms with Gasteiger partial charge >= 0.3 is 5.97 Å². The molecule has 7 heteroatoms. The smallest absolute Gasteiger partial charge is 0.305 e. The van der Waals surface area contributed by atoms with Gasteiger partial charge in [-0.15, -0.1) is 0 Å². The summed E-state index contributed by atoms with van der Waals surface area (Å²) in [7, 11) is 0. The van der Waals surface area contributed by atoms with E-state index in [1.165, 1.54) is 11.1 Å². The Morgan fingerprint density at radius 1 is 1.48 bits per heavy atom. The maximum absolute atomic E-state index is 12.5. The molecule has 1 fully saturated rings. The van der Waals surface area contributed by atoms with E-state index >= 15 is 0 Å². The number of hydrogen-bond acceptors (Lipinski definition) is 4. The van der Waals surface area contributed by atoms with Crippen LogP contribution in [0.4, 0.5) is 0 Å². The van der Waals surface area contributed by atoms with Gasteiger partial charge in [-0.25, -0.2) is 0 Å². The maximum Gasteiger partial charge on any atom is 0.305 e. The topological polar surface area (TPSA) is 79.7 Å². The number of aliphatic carboxylic acids is 1. The van der Waals surface area contributed by atoms with Crippen LogP contribution < -0.4 is 0 Å². The zero-order valence-corrected chi connectivity index (χ0v) is 13.1. The Hall–Kier alpha value is -1.47. The van der Waals surface area contributed by atoms with Crippen LogP contribution >= 0.6 is 15.9 Å². The van der Waals surface area contributed by atoms with Gasteiger partial charge in [0, 0.05) is 36.6 Å². The third kappa shape index (κ3) is 4.78. The number of amides is 1. The fourth-order valence-corrected chi connectivity index (χ4v) is 2.62. The molecule has 6 nitrogen and oxygen atoms in total. The molecule has 1 N–H and O–H groups in total. The Balaban J connectivity index is 2.08. The Morgan fingerprint density at radius 2 is 2.29 bits per heavy atom.